The minimum absolute atomic E-state index is 0.742. The summed E-state index contributed by atoms with van der Waals surface area (Å²) in [6, 6.07) is 11.5. The van der Waals surface area contributed by atoms with Gasteiger partial charge in [-0.1, -0.05) is 56.5 Å². The Hall–Kier alpha value is -1.19. The van der Waals surface area contributed by atoms with Crippen LogP contribution in [0, 0.1) is 11.8 Å². The number of nitrogens with one attached hydrogen (secondary N) is 1. The third-order valence-electron chi connectivity index (χ3n) is 6.05. The highest BCUT2D eigenvalue weighted by atomic mass is 32.1. The molecule has 3 unspecified atom stereocenters. The molecule has 0 aliphatic heterocycles. The smallest absolute Gasteiger partial charge is 0.107 e. The van der Waals surface area contributed by atoms with Crippen molar-refractivity contribution in [3.63, 3.8) is 0 Å². The summed E-state index contributed by atoms with van der Waals surface area (Å²) in [5, 5.41) is 5.11. The van der Waals surface area contributed by atoms with Gasteiger partial charge in [0.2, 0.25) is 0 Å². The van der Waals surface area contributed by atoms with Crippen molar-refractivity contribution >= 4 is 11.3 Å². The molecule has 2 nitrogen and oxygen atoms in total. The zero-order valence-electron chi connectivity index (χ0n) is 15.3. The molecule has 2 aromatic rings. The van der Waals surface area contributed by atoms with E-state index in [4.69, 9.17) is 4.98 Å². The number of aryl methyl sites for hydroxylation is 1. The van der Waals surface area contributed by atoms with Crippen LogP contribution in [0.3, 0.4) is 0 Å². The first kappa shape index (κ1) is 17.2. The predicted octanol–water partition coefficient (Wildman–Crippen LogP) is 5.82. The fourth-order valence-electron chi connectivity index (χ4n) is 4.72. The lowest BCUT2D eigenvalue weighted by Crippen LogP contribution is -2.33. The van der Waals surface area contributed by atoms with Crippen LogP contribution in [0.15, 0.2) is 30.3 Å². The van der Waals surface area contributed by atoms with Gasteiger partial charge < -0.3 is 5.32 Å². The molecule has 2 aliphatic carbocycles. The van der Waals surface area contributed by atoms with Gasteiger partial charge >= 0.3 is 0 Å². The highest BCUT2D eigenvalue weighted by Crippen LogP contribution is 2.44. The van der Waals surface area contributed by atoms with Gasteiger partial charge in [-0.15, -0.1) is 11.3 Å². The lowest BCUT2D eigenvalue weighted by Gasteiger charge is -2.22. The highest BCUT2D eigenvalue weighted by molar-refractivity contribution is 7.12. The minimum Gasteiger partial charge on any atom is -0.307 e. The molecule has 2 aliphatic rings. The Labute approximate surface area is 156 Å². The van der Waals surface area contributed by atoms with E-state index in [2.05, 4.69) is 42.6 Å². The van der Waals surface area contributed by atoms with Gasteiger partial charge in [0.15, 0.2) is 0 Å². The molecule has 2 fully saturated rings. The Morgan fingerprint density at radius 1 is 1.12 bits per heavy atom. The molecule has 3 heteroatoms. The summed E-state index contributed by atoms with van der Waals surface area (Å²) < 4.78 is 0. The van der Waals surface area contributed by atoms with Crippen molar-refractivity contribution in [1.29, 1.82) is 0 Å². The fraction of sp³-hybridized carbons (Fsp3) is 0.591. The summed E-state index contributed by atoms with van der Waals surface area (Å²) >= 11 is 1.93. The molecule has 2 saturated carbocycles. The second-order valence-corrected chi connectivity index (χ2v) is 9.03. The van der Waals surface area contributed by atoms with Crippen LogP contribution in [0.25, 0.3) is 11.3 Å². The lowest BCUT2D eigenvalue weighted by molar-refractivity contribution is 0.350. The van der Waals surface area contributed by atoms with Crippen molar-refractivity contribution in [2.75, 3.05) is 0 Å². The Bertz CT molecular complexity index is 679. The number of nitrogens with zero attached hydrogens (tertiary/aromatic N) is 1. The van der Waals surface area contributed by atoms with E-state index in [1.807, 2.05) is 11.3 Å². The van der Waals surface area contributed by atoms with Crippen molar-refractivity contribution in [3.05, 3.63) is 40.2 Å². The van der Waals surface area contributed by atoms with Crippen molar-refractivity contribution in [1.82, 2.24) is 10.3 Å². The summed E-state index contributed by atoms with van der Waals surface area (Å²) in [5.41, 5.74) is 2.50. The standard InChI is InChI=1S/C22H30N2S/c1-2-3-5-10-20-22(17-8-6-4-7-9-17)24-21(25-20)15-23-19-14-16-11-12-18(19)13-16/h4,6-9,16,18-19,23H,2-3,5,10-15H2,1H3. The molecular weight excluding hydrogens is 324 g/mol. The number of fused-ring (bicyclic) bond motifs is 2. The van der Waals surface area contributed by atoms with Crippen LogP contribution in [0.1, 0.15) is 61.8 Å². The van der Waals surface area contributed by atoms with Crippen LogP contribution >= 0.6 is 11.3 Å². The summed E-state index contributed by atoms with van der Waals surface area (Å²) in [5.74, 6) is 1.94. The van der Waals surface area contributed by atoms with Crippen molar-refractivity contribution < 1.29 is 0 Å². The van der Waals surface area contributed by atoms with Gasteiger partial charge in [-0.3, -0.25) is 0 Å². The summed E-state index contributed by atoms with van der Waals surface area (Å²) in [7, 11) is 0. The van der Waals surface area contributed by atoms with Crippen LogP contribution in [0.2, 0.25) is 0 Å². The van der Waals surface area contributed by atoms with Crippen molar-refractivity contribution in [3.8, 4) is 11.3 Å². The fourth-order valence-corrected chi connectivity index (χ4v) is 5.80. The van der Waals surface area contributed by atoms with E-state index in [1.165, 1.54) is 72.5 Å². The molecule has 0 amide bonds. The Morgan fingerprint density at radius 2 is 2.00 bits per heavy atom. The summed E-state index contributed by atoms with van der Waals surface area (Å²) in [4.78, 5) is 6.51. The van der Waals surface area contributed by atoms with Crippen LogP contribution in [0.5, 0.6) is 0 Å². The SMILES string of the molecule is CCCCCc1sc(CNC2CC3CCC2C3)nc1-c1ccccc1. The van der Waals surface area contributed by atoms with E-state index >= 15 is 0 Å². The van der Waals surface area contributed by atoms with Gasteiger partial charge in [0.05, 0.1) is 5.69 Å². The van der Waals surface area contributed by atoms with Crippen LogP contribution in [-0.2, 0) is 13.0 Å². The molecule has 1 aromatic heterocycles. The molecule has 0 spiro atoms. The zero-order valence-corrected chi connectivity index (χ0v) is 16.2. The monoisotopic (exact) mass is 354 g/mol. The molecule has 4 rings (SSSR count). The Morgan fingerprint density at radius 3 is 2.72 bits per heavy atom. The molecule has 3 atom stereocenters. The number of aromatic nitrogens is 1. The molecule has 1 aromatic carbocycles. The Kier molecular flexibility index (Phi) is 5.52. The largest absolute Gasteiger partial charge is 0.307 e. The lowest BCUT2D eigenvalue weighted by atomic mass is 9.95. The molecule has 0 radical (unpaired) electrons. The first-order chi connectivity index (χ1) is 12.3. The molecule has 1 heterocycles. The number of rotatable bonds is 8. The van der Waals surface area contributed by atoms with Crippen LogP contribution in [-0.4, -0.2) is 11.0 Å². The maximum atomic E-state index is 5.04. The summed E-state index contributed by atoms with van der Waals surface area (Å²) in [6.45, 7) is 3.22. The quantitative estimate of drug-likeness (QED) is 0.604. The maximum Gasteiger partial charge on any atom is 0.107 e. The first-order valence-electron chi connectivity index (χ1n) is 10.1. The van der Waals surface area contributed by atoms with E-state index in [0.29, 0.717) is 0 Å². The van der Waals surface area contributed by atoms with E-state index in [-0.39, 0.29) is 0 Å². The number of unbranched alkanes of at least 4 members (excludes halogenated alkanes) is 2. The number of benzene rings is 1. The van der Waals surface area contributed by atoms with Gasteiger partial charge in [-0.25, -0.2) is 4.98 Å². The normalized spacial score (nSPS) is 24.9. The third-order valence-corrected chi connectivity index (χ3v) is 7.16. The van der Waals surface area contributed by atoms with Gasteiger partial charge in [0, 0.05) is 23.0 Å². The third kappa shape index (κ3) is 3.98. The average Bonchev–Trinajstić information content (AvgIpc) is 3.36. The predicted molar refractivity (Wildman–Crippen MR) is 107 cm³/mol. The zero-order chi connectivity index (χ0) is 17.1. The Balaban J connectivity index is 1.46. The molecule has 1 N–H and O–H groups in total. The molecule has 0 saturated heterocycles. The van der Waals surface area contributed by atoms with Gasteiger partial charge in [-0.05, 0) is 43.9 Å². The van der Waals surface area contributed by atoms with E-state index < -0.39 is 0 Å². The van der Waals surface area contributed by atoms with Crippen molar-refractivity contribution in [2.24, 2.45) is 11.8 Å². The average molecular weight is 355 g/mol. The topological polar surface area (TPSA) is 24.9 Å². The minimum atomic E-state index is 0.742. The number of hydrogen-bond donors (Lipinski definition) is 1. The van der Waals surface area contributed by atoms with Gasteiger partial charge in [0.1, 0.15) is 5.01 Å². The summed E-state index contributed by atoms with van der Waals surface area (Å²) in [6.07, 6.45) is 10.8. The number of hydrogen-bond acceptors (Lipinski definition) is 3. The molecule has 134 valence electrons. The first-order valence-corrected chi connectivity index (χ1v) is 10.9. The van der Waals surface area contributed by atoms with Gasteiger partial charge in [-0.2, -0.15) is 0 Å². The molecule has 25 heavy (non-hydrogen) atoms. The van der Waals surface area contributed by atoms with Crippen LogP contribution in [0.4, 0.5) is 0 Å². The number of thiazole rings is 1. The second kappa shape index (κ2) is 8.01. The van der Waals surface area contributed by atoms with Crippen LogP contribution < -0.4 is 5.32 Å². The second-order valence-electron chi connectivity index (χ2n) is 7.86. The molecule has 2 bridgehead atoms. The van der Waals surface area contributed by atoms with E-state index in [1.54, 1.807) is 0 Å². The van der Waals surface area contributed by atoms with E-state index in [0.717, 1.165) is 24.4 Å². The van der Waals surface area contributed by atoms with Gasteiger partial charge in [0.25, 0.3) is 0 Å². The van der Waals surface area contributed by atoms with E-state index in [9.17, 15) is 0 Å². The van der Waals surface area contributed by atoms with Crippen molar-refractivity contribution in [2.45, 2.75) is 70.9 Å². The molecular formula is C22H30N2S. The maximum absolute atomic E-state index is 5.04. The highest BCUT2D eigenvalue weighted by Gasteiger charge is 2.39.